The summed E-state index contributed by atoms with van der Waals surface area (Å²) in [5.41, 5.74) is 1.50. The van der Waals surface area contributed by atoms with Crippen molar-refractivity contribution in [3.8, 4) is 11.8 Å². The Balaban J connectivity index is 1.66. The zero-order valence-corrected chi connectivity index (χ0v) is 20.3. The van der Waals surface area contributed by atoms with E-state index in [9.17, 15) is 26.4 Å². The second-order valence-electron chi connectivity index (χ2n) is 7.21. The lowest BCUT2D eigenvalue weighted by Gasteiger charge is -2.08. The van der Waals surface area contributed by atoms with Gasteiger partial charge in [0.1, 0.15) is 0 Å². The highest BCUT2D eigenvalue weighted by molar-refractivity contribution is 7.90. The number of amides is 4. The van der Waals surface area contributed by atoms with E-state index in [-0.39, 0.29) is 35.7 Å². The minimum Gasteiger partial charge on any atom is -0.336 e. The van der Waals surface area contributed by atoms with E-state index in [0.29, 0.717) is 0 Å². The van der Waals surface area contributed by atoms with E-state index in [1.165, 1.54) is 24.3 Å². The molecule has 0 aliphatic heterocycles. The maximum atomic E-state index is 12.2. The Labute approximate surface area is 199 Å². The molecular formula is C22H26N4O6S2. The summed E-state index contributed by atoms with van der Waals surface area (Å²) in [6, 6.07) is 10.6. The molecule has 2 aromatic rings. The Hall–Kier alpha value is -3.56. The van der Waals surface area contributed by atoms with Crippen molar-refractivity contribution < 1.29 is 26.4 Å². The first-order valence-corrected chi connectivity index (χ1v) is 13.2. The standard InChI is InChI=1S/C22H26N4O6S2/c1-17-9-7-11-19(15-17)33(29,30)25-21(27)23-13-5-3-4-6-14-24-22(28)26-34(31,32)20-12-8-10-18(2)16-20/h7-12,15-16H,5-6,13-14H2,1-2H3,(H2,23,25,27)(H2,24,26,28). The lowest BCUT2D eigenvalue weighted by Crippen LogP contribution is -2.39. The van der Waals surface area contributed by atoms with Gasteiger partial charge in [-0.15, -0.1) is 11.8 Å². The summed E-state index contributed by atoms with van der Waals surface area (Å²) in [5, 5.41) is 4.80. The number of carbonyl (C=O) groups excluding carboxylic acids is 2. The van der Waals surface area contributed by atoms with Crippen molar-refractivity contribution in [3.63, 3.8) is 0 Å². The molecule has 0 radical (unpaired) electrons. The van der Waals surface area contributed by atoms with Gasteiger partial charge in [0.2, 0.25) is 0 Å². The molecule has 4 N–H and O–H groups in total. The first-order chi connectivity index (χ1) is 16.0. The number of hydrogen-bond donors (Lipinski definition) is 4. The number of sulfonamides is 2. The maximum Gasteiger partial charge on any atom is 0.328 e. The normalized spacial score (nSPS) is 11.0. The molecule has 0 spiro atoms. The molecular weight excluding hydrogens is 480 g/mol. The van der Waals surface area contributed by atoms with Crippen LogP contribution in [0.2, 0.25) is 0 Å². The van der Waals surface area contributed by atoms with Gasteiger partial charge in [-0.1, -0.05) is 24.3 Å². The van der Waals surface area contributed by atoms with Crippen LogP contribution in [-0.2, 0) is 20.0 Å². The van der Waals surface area contributed by atoms with Crippen molar-refractivity contribution in [3.05, 3.63) is 59.7 Å². The van der Waals surface area contributed by atoms with Crippen LogP contribution in [-0.4, -0.2) is 42.0 Å². The molecule has 0 unspecified atom stereocenters. The van der Waals surface area contributed by atoms with Crippen LogP contribution in [0, 0.1) is 25.7 Å². The third kappa shape index (κ3) is 8.76. The topological polar surface area (TPSA) is 151 Å². The van der Waals surface area contributed by atoms with E-state index in [1.54, 1.807) is 38.1 Å². The van der Waals surface area contributed by atoms with E-state index in [2.05, 4.69) is 22.5 Å². The first kappa shape index (κ1) is 26.7. The number of nitrogens with one attached hydrogen (secondary N) is 4. The Morgan fingerprint density at radius 1 is 0.706 bits per heavy atom. The minimum atomic E-state index is -3.97. The predicted molar refractivity (Wildman–Crippen MR) is 127 cm³/mol. The number of carbonyl (C=O) groups is 2. The molecule has 182 valence electrons. The molecule has 34 heavy (non-hydrogen) atoms. The average molecular weight is 507 g/mol. The molecule has 0 saturated heterocycles. The Kier molecular flexibility index (Phi) is 9.47. The van der Waals surface area contributed by atoms with Gasteiger partial charge in [0.25, 0.3) is 20.0 Å². The van der Waals surface area contributed by atoms with Crippen molar-refractivity contribution in [2.45, 2.75) is 36.5 Å². The summed E-state index contributed by atoms with van der Waals surface area (Å²) in [6.45, 7) is 3.72. The highest BCUT2D eigenvalue weighted by Gasteiger charge is 2.18. The summed E-state index contributed by atoms with van der Waals surface area (Å²) in [7, 11) is -7.93. The Morgan fingerprint density at radius 3 is 1.44 bits per heavy atom. The average Bonchev–Trinajstić information content (AvgIpc) is 2.75. The van der Waals surface area contributed by atoms with Gasteiger partial charge >= 0.3 is 12.1 Å². The summed E-state index contributed by atoms with van der Waals surface area (Å²) in [6.07, 6.45) is 0.512. The molecule has 0 saturated carbocycles. The van der Waals surface area contributed by atoms with Gasteiger partial charge in [0.05, 0.1) is 9.79 Å². The van der Waals surface area contributed by atoms with Gasteiger partial charge in [0.15, 0.2) is 0 Å². The summed E-state index contributed by atoms with van der Waals surface area (Å²) in [4.78, 5) is 23.6. The Bertz CT molecular complexity index is 1210. The third-order valence-electron chi connectivity index (χ3n) is 4.25. The van der Waals surface area contributed by atoms with Crippen LogP contribution in [0.25, 0.3) is 0 Å². The summed E-state index contributed by atoms with van der Waals surface area (Å²) in [5.74, 6) is 5.53. The van der Waals surface area contributed by atoms with Crippen molar-refractivity contribution in [2.24, 2.45) is 0 Å². The molecule has 0 bridgehead atoms. The molecule has 0 aromatic heterocycles. The van der Waals surface area contributed by atoms with Gasteiger partial charge in [-0.25, -0.2) is 35.9 Å². The summed E-state index contributed by atoms with van der Waals surface area (Å²) < 4.78 is 52.5. The SMILES string of the molecule is Cc1cccc(S(=O)(=O)NC(=O)NCCC#CCCNC(=O)NS(=O)(=O)c2cccc(C)c2)c1. The quantitative estimate of drug-likeness (QED) is 0.316. The minimum absolute atomic E-state index is 0.00865. The number of aryl methyl sites for hydroxylation is 2. The van der Waals surface area contributed by atoms with Crippen molar-refractivity contribution in [1.29, 1.82) is 0 Å². The molecule has 2 rings (SSSR count). The molecule has 0 aliphatic rings. The summed E-state index contributed by atoms with van der Waals surface area (Å²) >= 11 is 0. The molecule has 0 aliphatic carbocycles. The highest BCUT2D eigenvalue weighted by atomic mass is 32.2. The van der Waals surface area contributed by atoms with Gasteiger partial charge < -0.3 is 10.6 Å². The lowest BCUT2D eigenvalue weighted by atomic mass is 10.2. The van der Waals surface area contributed by atoms with Crippen molar-refractivity contribution >= 4 is 32.1 Å². The van der Waals surface area contributed by atoms with E-state index in [1.807, 2.05) is 9.44 Å². The zero-order valence-electron chi connectivity index (χ0n) is 18.7. The van der Waals surface area contributed by atoms with Crippen LogP contribution in [0.1, 0.15) is 24.0 Å². The fraction of sp³-hybridized carbons (Fsp3) is 0.273. The van der Waals surface area contributed by atoms with Crippen LogP contribution in [0.5, 0.6) is 0 Å². The number of hydrogen-bond acceptors (Lipinski definition) is 6. The fourth-order valence-electron chi connectivity index (χ4n) is 2.65. The van der Waals surface area contributed by atoms with E-state index in [4.69, 9.17) is 0 Å². The maximum absolute atomic E-state index is 12.2. The highest BCUT2D eigenvalue weighted by Crippen LogP contribution is 2.11. The van der Waals surface area contributed by atoms with Gasteiger partial charge in [-0.3, -0.25) is 0 Å². The molecule has 12 heteroatoms. The van der Waals surface area contributed by atoms with Crippen LogP contribution in [0.15, 0.2) is 58.3 Å². The van der Waals surface area contributed by atoms with Gasteiger partial charge in [-0.2, -0.15) is 0 Å². The molecule has 0 heterocycles. The van der Waals surface area contributed by atoms with Crippen LogP contribution < -0.4 is 20.1 Å². The van der Waals surface area contributed by atoms with Crippen molar-refractivity contribution in [2.75, 3.05) is 13.1 Å². The number of urea groups is 2. The largest absolute Gasteiger partial charge is 0.336 e. The lowest BCUT2D eigenvalue weighted by molar-refractivity contribution is 0.245. The molecule has 0 atom stereocenters. The van der Waals surface area contributed by atoms with Crippen LogP contribution in [0.4, 0.5) is 9.59 Å². The Morgan fingerprint density at radius 2 is 1.09 bits per heavy atom. The van der Waals surface area contributed by atoms with Crippen molar-refractivity contribution in [1.82, 2.24) is 20.1 Å². The van der Waals surface area contributed by atoms with E-state index >= 15 is 0 Å². The van der Waals surface area contributed by atoms with Gasteiger partial charge in [0, 0.05) is 25.9 Å². The zero-order chi connectivity index (χ0) is 25.2. The third-order valence-corrected chi connectivity index (χ3v) is 6.91. The monoisotopic (exact) mass is 506 g/mol. The van der Waals surface area contributed by atoms with Crippen LogP contribution >= 0.6 is 0 Å². The molecule has 0 fully saturated rings. The predicted octanol–water partition coefficient (Wildman–Crippen LogP) is 1.76. The second kappa shape index (κ2) is 12.1. The van der Waals surface area contributed by atoms with Crippen LogP contribution in [0.3, 0.4) is 0 Å². The molecule has 10 nitrogen and oxygen atoms in total. The number of rotatable bonds is 8. The molecule has 4 amide bonds. The fourth-order valence-corrected chi connectivity index (χ4v) is 4.72. The first-order valence-electron chi connectivity index (χ1n) is 10.2. The second-order valence-corrected chi connectivity index (χ2v) is 10.6. The van der Waals surface area contributed by atoms with E-state index in [0.717, 1.165) is 11.1 Å². The smallest absolute Gasteiger partial charge is 0.328 e. The number of benzene rings is 2. The van der Waals surface area contributed by atoms with Gasteiger partial charge in [-0.05, 0) is 49.2 Å². The van der Waals surface area contributed by atoms with E-state index < -0.39 is 32.1 Å². The molecule has 2 aromatic carbocycles.